The second-order valence-corrected chi connectivity index (χ2v) is 6.05. The van der Waals surface area contributed by atoms with Crippen molar-refractivity contribution >= 4 is 8.80 Å². The third-order valence-electron chi connectivity index (χ3n) is 2.37. The van der Waals surface area contributed by atoms with Crippen molar-refractivity contribution in [3.8, 4) is 0 Å². The van der Waals surface area contributed by atoms with Gasteiger partial charge in [0.1, 0.15) is 0 Å². The molecule has 86 valence electrons. The summed E-state index contributed by atoms with van der Waals surface area (Å²) in [6.45, 7) is 2.20. The highest BCUT2D eigenvalue weighted by atomic mass is 28.4. The van der Waals surface area contributed by atoms with Gasteiger partial charge in [0.25, 0.3) is 0 Å². The van der Waals surface area contributed by atoms with Crippen LogP contribution in [0.25, 0.3) is 0 Å². The summed E-state index contributed by atoms with van der Waals surface area (Å²) in [4.78, 5) is 26.2. The Kier molecular flexibility index (Phi) is 8.47. The molecule has 0 bridgehead atoms. The van der Waals surface area contributed by atoms with Crippen molar-refractivity contribution in [2.75, 3.05) is 0 Å². The van der Waals surface area contributed by atoms with Gasteiger partial charge in [0.05, 0.1) is 0 Å². The third kappa shape index (κ3) is 12.1. The molecule has 0 aromatic heterocycles. The van der Waals surface area contributed by atoms with Gasteiger partial charge in [-0.1, -0.05) is 51.9 Å². The van der Waals surface area contributed by atoms with E-state index in [0.29, 0.717) is 0 Å². The van der Waals surface area contributed by atoms with E-state index in [1.54, 1.807) is 0 Å². The van der Waals surface area contributed by atoms with Crippen LogP contribution in [0, 0.1) is 0 Å². The fourth-order valence-electron chi connectivity index (χ4n) is 1.50. The van der Waals surface area contributed by atoms with Crippen molar-refractivity contribution in [1.29, 1.82) is 0 Å². The van der Waals surface area contributed by atoms with E-state index >= 15 is 0 Å². The summed E-state index contributed by atoms with van der Waals surface area (Å²) in [6, 6.07) is 0.196. The second-order valence-electron chi connectivity index (χ2n) is 4.00. The maximum Gasteiger partial charge on any atom is 0.492 e. The van der Waals surface area contributed by atoms with E-state index in [9.17, 15) is 0 Å². The molecule has 0 atom stereocenters. The minimum Gasteiger partial charge on any atom is -0.390 e. The van der Waals surface area contributed by atoms with Crippen LogP contribution in [0.1, 0.15) is 58.3 Å². The lowest BCUT2D eigenvalue weighted by Gasteiger charge is -2.08. The molecule has 0 radical (unpaired) electrons. The van der Waals surface area contributed by atoms with Gasteiger partial charge in [-0.05, 0) is 6.42 Å². The first kappa shape index (κ1) is 14.1. The fourth-order valence-corrected chi connectivity index (χ4v) is 2.22. The van der Waals surface area contributed by atoms with E-state index in [0.717, 1.165) is 19.3 Å². The van der Waals surface area contributed by atoms with Crippen LogP contribution in [-0.4, -0.2) is 23.2 Å². The molecule has 0 fully saturated rings. The van der Waals surface area contributed by atoms with Crippen molar-refractivity contribution in [3.63, 3.8) is 0 Å². The van der Waals surface area contributed by atoms with Gasteiger partial charge >= 0.3 is 8.80 Å². The molecule has 14 heavy (non-hydrogen) atoms. The largest absolute Gasteiger partial charge is 0.492 e. The average molecular weight is 220 g/mol. The molecule has 0 heterocycles. The first-order valence-corrected chi connectivity index (χ1v) is 7.78. The van der Waals surface area contributed by atoms with Crippen molar-refractivity contribution in [3.05, 3.63) is 0 Å². The molecule has 0 saturated carbocycles. The zero-order valence-electron chi connectivity index (χ0n) is 9.21. The van der Waals surface area contributed by atoms with Crippen LogP contribution in [0.15, 0.2) is 0 Å². The molecule has 0 aliphatic rings. The number of hydrogen-bond donors (Lipinski definition) is 3. The third-order valence-corrected chi connectivity index (χ3v) is 3.39. The summed E-state index contributed by atoms with van der Waals surface area (Å²) < 4.78 is 0. The molecule has 0 aromatic carbocycles. The molecule has 0 rings (SSSR count). The molecule has 0 unspecified atom stereocenters. The Labute approximate surface area is 88.2 Å². The van der Waals surface area contributed by atoms with Crippen LogP contribution in [-0.2, 0) is 0 Å². The maximum absolute atomic E-state index is 8.74. The van der Waals surface area contributed by atoms with Crippen LogP contribution in [0.4, 0.5) is 0 Å². The van der Waals surface area contributed by atoms with Crippen LogP contribution in [0.3, 0.4) is 0 Å². The summed E-state index contributed by atoms with van der Waals surface area (Å²) >= 11 is 0. The van der Waals surface area contributed by atoms with E-state index in [2.05, 4.69) is 6.92 Å². The monoisotopic (exact) mass is 220 g/mol. The number of rotatable bonds is 9. The Morgan fingerprint density at radius 2 is 1.14 bits per heavy atom. The Hall–Kier alpha value is 0.0969. The lowest BCUT2D eigenvalue weighted by atomic mass is 10.1. The van der Waals surface area contributed by atoms with Gasteiger partial charge in [0.15, 0.2) is 0 Å². The van der Waals surface area contributed by atoms with Gasteiger partial charge < -0.3 is 14.4 Å². The Bertz CT molecular complexity index is 123. The van der Waals surface area contributed by atoms with E-state index in [1.807, 2.05) is 0 Å². The predicted molar refractivity (Wildman–Crippen MR) is 59.8 cm³/mol. The van der Waals surface area contributed by atoms with Gasteiger partial charge in [-0.25, -0.2) is 0 Å². The highest BCUT2D eigenvalue weighted by Gasteiger charge is 2.25. The minimum absolute atomic E-state index is 0.196. The average Bonchev–Trinajstić information content (AvgIpc) is 2.08. The predicted octanol–water partition coefficient (Wildman–Crippen LogP) is 2.04. The molecule has 0 aromatic rings. The number of unbranched alkanes of at least 4 members (excludes halogenated alkanes) is 7. The quantitative estimate of drug-likeness (QED) is 0.412. The zero-order valence-corrected chi connectivity index (χ0v) is 10.2. The van der Waals surface area contributed by atoms with E-state index in [-0.39, 0.29) is 6.04 Å². The van der Waals surface area contributed by atoms with Crippen molar-refractivity contribution in [1.82, 2.24) is 0 Å². The standard InChI is InChI=1S/C10H24O3Si/c1-2-3-4-5-6-7-8-9-10-14(11,12)13/h11-13H,2-10H2,1H3. The first-order valence-electron chi connectivity index (χ1n) is 5.73. The highest BCUT2D eigenvalue weighted by Crippen LogP contribution is 2.11. The van der Waals surface area contributed by atoms with Crippen LogP contribution >= 0.6 is 0 Å². The van der Waals surface area contributed by atoms with E-state index in [1.165, 1.54) is 32.1 Å². The molecule has 0 amide bonds. The Morgan fingerprint density at radius 3 is 1.57 bits per heavy atom. The zero-order chi connectivity index (χ0) is 10.9. The lowest BCUT2D eigenvalue weighted by molar-refractivity contribution is 0.226. The van der Waals surface area contributed by atoms with Gasteiger partial charge in [-0.15, -0.1) is 0 Å². The minimum atomic E-state index is -3.74. The second kappa shape index (κ2) is 8.41. The van der Waals surface area contributed by atoms with Crippen molar-refractivity contribution in [2.24, 2.45) is 0 Å². The first-order chi connectivity index (χ1) is 6.56. The SMILES string of the molecule is CCCCCCCCCC[Si](O)(O)O. The van der Waals surface area contributed by atoms with Crippen LogP contribution < -0.4 is 0 Å². The molecule has 0 saturated heterocycles. The van der Waals surface area contributed by atoms with Crippen molar-refractivity contribution in [2.45, 2.75) is 64.3 Å². The Morgan fingerprint density at radius 1 is 0.714 bits per heavy atom. The van der Waals surface area contributed by atoms with E-state index in [4.69, 9.17) is 14.4 Å². The van der Waals surface area contributed by atoms with Gasteiger partial charge in [0, 0.05) is 6.04 Å². The summed E-state index contributed by atoms with van der Waals surface area (Å²) in [7, 11) is -3.74. The summed E-state index contributed by atoms with van der Waals surface area (Å²) in [5, 5.41) is 0. The normalized spacial score (nSPS) is 12.0. The molecule has 0 aliphatic carbocycles. The van der Waals surface area contributed by atoms with Gasteiger partial charge in [0.2, 0.25) is 0 Å². The number of hydrogen-bond acceptors (Lipinski definition) is 3. The summed E-state index contributed by atoms with van der Waals surface area (Å²) in [6.07, 6.45) is 9.31. The van der Waals surface area contributed by atoms with Crippen LogP contribution in [0.5, 0.6) is 0 Å². The molecule has 3 nitrogen and oxygen atoms in total. The maximum atomic E-state index is 8.74. The summed E-state index contributed by atoms with van der Waals surface area (Å²) in [5.41, 5.74) is 0. The van der Waals surface area contributed by atoms with Crippen LogP contribution in [0.2, 0.25) is 6.04 Å². The molecule has 4 heteroatoms. The molecular formula is C10H24O3Si. The molecular weight excluding hydrogens is 196 g/mol. The summed E-state index contributed by atoms with van der Waals surface area (Å²) in [5.74, 6) is 0. The van der Waals surface area contributed by atoms with Crippen molar-refractivity contribution < 1.29 is 14.4 Å². The van der Waals surface area contributed by atoms with Gasteiger partial charge in [-0.3, -0.25) is 0 Å². The molecule has 0 aliphatic heterocycles. The Balaban J connectivity index is 2.99. The van der Waals surface area contributed by atoms with E-state index < -0.39 is 8.80 Å². The molecule has 0 spiro atoms. The molecule has 3 N–H and O–H groups in total. The topological polar surface area (TPSA) is 60.7 Å². The van der Waals surface area contributed by atoms with Gasteiger partial charge in [-0.2, -0.15) is 0 Å². The fraction of sp³-hybridized carbons (Fsp3) is 1.00. The lowest BCUT2D eigenvalue weighted by Crippen LogP contribution is -2.33. The smallest absolute Gasteiger partial charge is 0.390 e. The highest BCUT2D eigenvalue weighted by molar-refractivity contribution is 6.56.